The Kier molecular flexibility index (Phi) is 94.8. The van der Waals surface area contributed by atoms with Gasteiger partial charge in [-0.2, -0.15) is 0 Å². The summed E-state index contributed by atoms with van der Waals surface area (Å²) in [5, 5.41) is 17.4. The lowest BCUT2D eigenvalue weighted by atomic mass is 10.0. The number of carbonyl (C=O) groups excluding carboxylic acids is 12. The van der Waals surface area contributed by atoms with Gasteiger partial charge in [-0.3, -0.25) is 57.5 Å². The van der Waals surface area contributed by atoms with Gasteiger partial charge >= 0.3 is 0 Å². The van der Waals surface area contributed by atoms with E-state index in [0.717, 1.165) is 38.5 Å². The maximum Gasteiger partial charge on any atom is 0.243 e. The lowest BCUT2D eigenvalue weighted by Crippen LogP contribution is -2.54. The second-order valence-electron chi connectivity index (χ2n) is 32.9. The molecule has 0 aliphatic carbocycles. The highest BCUT2D eigenvalue weighted by molar-refractivity contribution is 5.92. The fourth-order valence-electron chi connectivity index (χ4n) is 12.7. The standard InChI is InChI=1S/C97H178N6O30/c1-7-45-116-63-73-126-55-35-84(105)28-21-51-121-68-67-120-49-18-12-11-13-32-91(102-94(112)41-61-132-79-71-124-54-24-31-87(108)38-58-129-76-66-119-48-10-4)97(115)103-90(96(114)100-44-62-133-80-72-125-50-20-27-83(104)25-19-26-88(109)81-82(5)6)34-15-17-43-99-95(113)89(101-93(111)40-60-131-78-70-123-53-23-30-86(107)37-57-128-75-65-118-47-9-3)33-14-16-42-98-92(110)39-59-130-77-69-122-52-22-29-85(106)36-56-127-74-64-117-46-8-2/h82,89-91H,7-81H2,1-6H3,(H,98,110)(H,99,113)(H,100,114)(H,101,111)(H,102,112)(H,103,115)/t89-,90-,91?/m0/s1. The van der Waals surface area contributed by atoms with Gasteiger partial charge in [-0.1, -0.05) is 60.8 Å². The van der Waals surface area contributed by atoms with Crippen molar-refractivity contribution in [3.05, 3.63) is 0 Å². The molecule has 776 valence electrons. The average molecular weight is 1910 g/mol. The highest BCUT2D eigenvalue weighted by atomic mass is 16.6. The van der Waals surface area contributed by atoms with Crippen molar-refractivity contribution in [1.82, 2.24) is 31.9 Å². The number of carbonyl (C=O) groups is 12. The molecule has 6 N–H and O–H groups in total. The van der Waals surface area contributed by atoms with Gasteiger partial charge in [0.2, 0.25) is 35.4 Å². The second-order valence-corrected chi connectivity index (χ2v) is 32.9. The summed E-state index contributed by atoms with van der Waals surface area (Å²) in [6.45, 7) is 26.0. The van der Waals surface area contributed by atoms with E-state index >= 15 is 0 Å². The van der Waals surface area contributed by atoms with E-state index in [1.807, 2.05) is 41.5 Å². The maximum atomic E-state index is 14.6. The fraction of sp³-hybridized carbons (Fsp3) is 0.876. The van der Waals surface area contributed by atoms with Crippen LogP contribution in [0.5, 0.6) is 0 Å². The maximum absolute atomic E-state index is 14.6. The van der Waals surface area contributed by atoms with Gasteiger partial charge in [0.1, 0.15) is 52.8 Å². The lowest BCUT2D eigenvalue weighted by molar-refractivity contribution is -0.132. The number of Topliss-reactive ketones (excluding diaryl/α,β-unsaturated/α-hetero) is 6. The van der Waals surface area contributed by atoms with Gasteiger partial charge in [0.15, 0.2) is 0 Å². The van der Waals surface area contributed by atoms with Crippen LogP contribution in [0.3, 0.4) is 0 Å². The molecule has 133 heavy (non-hydrogen) atoms. The van der Waals surface area contributed by atoms with Crippen LogP contribution in [0.1, 0.15) is 273 Å². The SMILES string of the molecule is CCCOCCOCCC(=O)CCCOCCOCCCCCCC(NC(=O)CCOCCOCCCC(=O)CCOCCOCCC)C(=O)N[C@@H](CCCCNC(=O)[C@H](CCCCNC(=O)CCOCCOCCCC(=O)CCOCCOCCC)NC(=O)CCOCCOCCCC(=O)CCOCCOCCC)C(=O)NCCOCCOCCCC(=O)CCCC(=O)CC(C)C. The zero-order valence-corrected chi connectivity index (χ0v) is 82.6. The summed E-state index contributed by atoms with van der Waals surface area (Å²) in [5.41, 5.74) is 0. The largest absolute Gasteiger partial charge is 0.379 e. The average Bonchev–Trinajstić information content (AvgIpc) is 0.909. The molecule has 0 aromatic carbocycles. The molecule has 0 rings (SSSR count). The van der Waals surface area contributed by atoms with Crippen molar-refractivity contribution in [2.45, 2.75) is 291 Å². The summed E-state index contributed by atoms with van der Waals surface area (Å²) >= 11 is 0. The molecule has 0 saturated heterocycles. The molecule has 0 aliphatic rings. The number of hydrogen-bond donors (Lipinski definition) is 6. The van der Waals surface area contributed by atoms with E-state index in [4.69, 9.17) is 85.3 Å². The Morgan fingerprint density at radius 1 is 0.188 bits per heavy atom. The van der Waals surface area contributed by atoms with Crippen LogP contribution in [-0.2, 0) is 143 Å². The van der Waals surface area contributed by atoms with E-state index in [-0.39, 0.29) is 171 Å². The molecule has 36 heteroatoms. The van der Waals surface area contributed by atoms with Crippen LogP contribution in [-0.4, -0.2) is 346 Å². The molecule has 0 aromatic rings. The minimum atomic E-state index is -1.10. The number of amides is 6. The van der Waals surface area contributed by atoms with Crippen LogP contribution < -0.4 is 31.9 Å². The number of unbranched alkanes of at least 4 members (excludes halogenated alkanes) is 5. The molecule has 3 atom stereocenters. The van der Waals surface area contributed by atoms with Crippen LogP contribution in [0.15, 0.2) is 0 Å². The van der Waals surface area contributed by atoms with Crippen molar-refractivity contribution in [1.29, 1.82) is 0 Å². The molecular formula is C97H178N6O30. The molecule has 6 amide bonds. The third-order valence-corrected chi connectivity index (χ3v) is 20.0. The molecule has 0 bridgehead atoms. The highest BCUT2D eigenvalue weighted by Crippen LogP contribution is 2.13. The Labute approximate surface area is 795 Å². The van der Waals surface area contributed by atoms with Gasteiger partial charge in [0, 0.05) is 182 Å². The molecule has 1 unspecified atom stereocenters. The smallest absolute Gasteiger partial charge is 0.243 e. The van der Waals surface area contributed by atoms with E-state index in [0.29, 0.717) is 326 Å². The molecule has 36 nitrogen and oxygen atoms in total. The Hall–Kier alpha value is -5.88. The molecule has 0 heterocycles. The zero-order valence-electron chi connectivity index (χ0n) is 82.6. The number of nitrogens with one attached hydrogen (secondary N) is 6. The first-order valence-corrected chi connectivity index (χ1v) is 50.1. The van der Waals surface area contributed by atoms with Crippen molar-refractivity contribution < 1.29 is 143 Å². The first-order chi connectivity index (χ1) is 64.8. The minimum absolute atomic E-state index is 0.0292. The molecule has 0 fully saturated rings. The summed E-state index contributed by atoms with van der Waals surface area (Å²) in [6.07, 6.45) is 16.4. The Morgan fingerprint density at radius 2 is 0.429 bits per heavy atom. The summed E-state index contributed by atoms with van der Waals surface area (Å²) in [7, 11) is 0. The molecule has 0 radical (unpaired) electrons. The normalized spacial score (nSPS) is 12.1. The van der Waals surface area contributed by atoms with E-state index in [2.05, 4.69) is 31.9 Å². The monoisotopic (exact) mass is 1910 g/mol. The van der Waals surface area contributed by atoms with Crippen LogP contribution in [0.4, 0.5) is 0 Å². The quantitative estimate of drug-likeness (QED) is 0.0309. The summed E-state index contributed by atoms with van der Waals surface area (Å²) in [4.78, 5) is 156. The van der Waals surface area contributed by atoms with E-state index < -0.39 is 47.7 Å². The molecular weight excluding hydrogens is 1730 g/mol. The van der Waals surface area contributed by atoms with Crippen LogP contribution >= 0.6 is 0 Å². The van der Waals surface area contributed by atoms with E-state index in [1.54, 1.807) is 0 Å². The van der Waals surface area contributed by atoms with Gasteiger partial charge in [0.25, 0.3) is 0 Å². The van der Waals surface area contributed by atoms with Gasteiger partial charge in [-0.25, -0.2) is 0 Å². The van der Waals surface area contributed by atoms with Crippen molar-refractivity contribution >= 4 is 70.1 Å². The first-order valence-electron chi connectivity index (χ1n) is 50.1. The van der Waals surface area contributed by atoms with Gasteiger partial charge in [-0.05, 0) is 121 Å². The molecule has 0 aromatic heterocycles. The van der Waals surface area contributed by atoms with Gasteiger partial charge < -0.3 is 117 Å². The summed E-state index contributed by atoms with van der Waals surface area (Å²) in [6, 6.07) is -3.10. The predicted molar refractivity (Wildman–Crippen MR) is 503 cm³/mol. The van der Waals surface area contributed by atoms with E-state index in [9.17, 15) is 57.5 Å². The predicted octanol–water partition coefficient (Wildman–Crippen LogP) is 9.28. The van der Waals surface area contributed by atoms with Crippen LogP contribution in [0, 0.1) is 5.92 Å². The third kappa shape index (κ3) is 92.3. The minimum Gasteiger partial charge on any atom is -0.379 e. The first kappa shape index (κ1) is 127. The van der Waals surface area contributed by atoms with Crippen molar-refractivity contribution in [2.24, 2.45) is 5.92 Å². The Bertz CT molecular complexity index is 2840. The second kappa shape index (κ2) is 99.1. The van der Waals surface area contributed by atoms with E-state index in [1.165, 1.54) is 0 Å². The lowest BCUT2D eigenvalue weighted by Gasteiger charge is -2.24. The van der Waals surface area contributed by atoms with Crippen molar-refractivity contribution in [2.75, 3.05) is 257 Å². The van der Waals surface area contributed by atoms with Gasteiger partial charge in [0.05, 0.1) is 172 Å². The molecule has 0 aliphatic heterocycles. The zero-order chi connectivity index (χ0) is 97.2. The number of rotatable bonds is 108. The van der Waals surface area contributed by atoms with Gasteiger partial charge in [-0.15, -0.1) is 0 Å². The summed E-state index contributed by atoms with van der Waals surface area (Å²) in [5.74, 6) is -1.72. The highest BCUT2D eigenvalue weighted by Gasteiger charge is 2.28. The van der Waals surface area contributed by atoms with Crippen molar-refractivity contribution in [3.8, 4) is 0 Å². The third-order valence-electron chi connectivity index (χ3n) is 20.0. The van der Waals surface area contributed by atoms with Crippen LogP contribution in [0.2, 0.25) is 0 Å². The molecule has 0 saturated carbocycles. The van der Waals surface area contributed by atoms with Crippen LogP contribution in [0.25, 0.3) is 0 Å². The fourth-order valence-corrected chi connectivity index (χ4v) is 12.7. The van der Waals surface area contributed by atoms with Crippen molar-refractivity contribution in [3.63, 3.8) is 0 Å². The molecule has 0 spiro atoms. The summed E-state index contributed by atoms with van der Waals surface area (Å²) < 4.78 is 100. The number of ether oxygens (including phenoxy) is 18. The number of hydrogen-bond acceptors (Lipinski definition) is 30. The Balaban J connectivity index is 6.17. The topological polar surface area (TPSA) is 443 Å². The number of ketones is 6. The Morgan fingerprint density at radius 3 is 0.767 bits per heavy atom.